The van der Waals surface area contributed by atoms with Crippen LogP contribution >= 0.6 is 11.6 Å². The molecule has 13 heavy (non-hydrogen) atoms. The van der Waals surface area contributed by atoms with Crippen LogP contribution in [0.5, 0.6) is 0 Å². The summed E-state index contributed by atoms with van der Waals surface area (Å²) in [4.78, 5) is 10.8. The van der Waals surface area contributed by atoms with Gasteiger partial charge in [-0.15, -0.1) is 0 Å². The second kappa shape index (κ2) is 7.01. The van der Waals surface area contributed by atoms with Gasteiger partial charge in [0.1, 0.15) is 0 Å². The molecule has 2 atom stereocenters. The van der Waals surface area contributed by atoms with Gasteiger partial charge in [0.2, 0.25) is 0 Å². The van der Waals surface area contributed by atoms with Gasteiger partial charge in [-0.25, -0.2) is 4.79 Å². The Kier molecular flexibility index (Phi) is 6.77. The molecule has 2 unspecified atom stereocenters. The number of carbonyl (C=O) groups excluding carboxylic acids is 1. The van der Waals surface area contributed by atoms with Crippen LogP contribution in [0.1, 0.15) is 33.6 Å². The van der Waals surface area contributed by atoms with Gasteiger partial charge in [0.05, 0.1) is 6.61 Å². The Morgan fingerprint density at radius 1 is 1.46 bits per heavy atom. The Bertz CT molecular complexity index is 148. The molecule has 3 nitrogen and oxygen atoms in total. The first kappa shape index (κ1) is 12.6. The number of carbonyl (C=O) groups is 1. The highest BCUT2D eigenvalue weighted by Crippen LogP contribution is 2.06. The van der Waals surface area contributed by atoms with Crippen molar-refractivity contribution in [3.8, 4) is 0 Å². The third-order valence-electron chi connectivity index (χ3n) is 1.53. The molecule has 0 aliphatic carbocycles. The Hall–Kier alpha value is -0.440. The minimum Gasteiger partial charge on any atom is -0.434 e. The predicted octanol–water partition coefficient (Wildman–Crippen LogP) is 3.16. The van der Waals surface area contributed by atoms with Crippen molar-refractivity contribution in [1.29, 1.82) is 0 Å². The number of ether oxygens (including phenoxy) is 2. The molecular weight excluding hydrogens is 192 g/mol. The van der Waals surface area contributed by atoms with Crippen LogP contribution in [0, 0.1) is 5.92 Å². The molecule has 0 saturated heterocycles. The van der Waals surface area contributed by atoms with Crippen LogP contribution in [0.2, 0.25) is 0 Å². The van der Waals surface area contributed by atoms with E-state index < -0.39 is 11.7 Å². The van der Waals surface area contributed by atoms with Crippen LogP contribution in [0.4, 0.5) is 4.79 Å². The molecular formula is C9H17ClO3. The highest BCUT2D eigenvalue weighted by Gasteiger charge is 2.09. The lowest BCUT2D eigenvalue weighted by Gasteiger charge is -2.11. The van der Waals surface area contributed by atoms with Crippen molar-refractivity contribution < 1.29 is 14.3 Å². The maximum Gasteiger partial charge on any atom is 0.509 e. The van der Waals surface area contributed by atoms with Gasteiger partial charge < -0.3 is 9.47 Å². The molecule has 0 saturated carbocycles. The van der Waals surface area contributed by atoms with Gasteiger partial charge in [-0.2, -0.15) is 0 Å². The van der Waals surface area contributed by atoms with E-state index in [1.807, 2.05) is 6.92 Å². The zero-order valence-electron chi connectivity index (χ0n) is 8.38. The van der Waals surface area contributed by atoms with Gasteiger partial charge in [0.15, 0.2) is 5.56 Å². The second-order valence-electron chi connectivity index (χ2n) is 3.12. The van der Waals surface area contributed by atoms with Crippen molar-refractivity contribution in [3.05, 3.63) is 0 Å². The second-order valence-corrected chi connectivity index (χ2v) is 3.73. The molecule has 4 heteroatoms. The van der Waals surface area contributed by atoms with E-state index in [1.54, 1.807) is 6.92 Å². The van der Waals surface area contributed by atoms with Gasteiger partial charge in [0.25, 0.3) is 0 Å². The zero-order chi connectivity index (χ0) is 10.3. The summed E-state index contributed by atoms with van der Waals surface area (Å²) in [5.41, 5.74) is -0.631. The fourth-order valence-electron chi connectivity index (χ4n) is 0.953. The van der Waals surface area contributed by atoms with Crippen molar-refractivity contribution in [2.45, 2.75) is 39.2 Å². The molecule has 0 fully saturated rings. The fourth-order valence-corrected chi connectivity index (χ4v) is 1.03. The van der Waals surface area contributed by atoms with E-state index in [0.29, 0.717) is 12.5 Å². The zero-order valence-corrected chi connectivity index (χ0v) is 9.13. The van der Waals surface area contributed by atoms with Crippen molar-refractivity contribution in [2.24, 2.45) is 5.92 Å². The number of hydrogen-bond donors (Lipinski definition) is 0. The monoisotopic (exact) mass is 208 g/mol. The summed E-state index contributed by atoms with van der Waals surface area (Å²) in [6.07, 6.45) is 1.44. The highest BCUT2D eigenvalue weighted by atomic mass is 35.5. The minimum absolute atomic E-state index is 0.378. The average Bonchev–Trinajstić information content (AvgIpc) is 2.00. The minimum atomic E-state index is -0.689. The molecule has 78 valence electrons. The number of rotatable bonds is 5. The Labute approximate surface area is 84.4 Å². The molecule has 0 aromatic carbocycles. The highest BCUT2D eigenvalue weighted by molar-refractivity contribution is 6.19. The first-order valence-electron chi connectivity index (χ1n) is 4.53. The van der Waals surface area contributed by atoms with Crippen LogP contribution < -0.4 is 0 Å². The predicted molar refractivity (Wildman–Crippen MR) is 51.8 cm³/mol. The topological polar surface area (TPSA) is 35.5 Å². The van der Waals surface area contributed by atoms with Crippen molar-refractivity contribution in [1.82, 2.24) is 0 Å². The van der Waals surface area contributed by atoms with E-state index in [0.717, 1.165) is 12.8 Å². The molecule has 0 heterocycles. The number of halogens is 1. The summed E-state index contributed by atoms with van der Waals surface area (Å²) in [5, 5.41) is 0. The Morgan fingerprint density at radius 3 is 2.54 bits per heavy atom. The molecule has 0 spiro atoms. The summed E-state index contributed by atoms with van der Waals surface area (Å²) in [5.74, 6) is 0.378. The quantitative estimate of drug-likeness (QED) is 0.514. The molecule has 0 rings (SSSR count). The molecule has 0 radical (unpaired) electrons. The van der Waals surface area contributed by atoms with Crippen LogP contribution in [-0.2, 0) is 9.47 Å². The van der Waals surface area contributed by atoms with Crippen LogP contribution in [0.3, 0.4) is 0 Å². The first-order valence-corrected chi connectivity index (χ1v) is 4.97. The largest absolute Gasteiger partial charge is 0.509 e. The number of hydrogen-bond acceptors (Lipinski definition) is 3. The smallest absolute Gasteiger partial charge is 0.434 e. The van der Waals surface area contributed by atoms with Gasteiger partial charge >= 0.3 is 6.16 Å². The van der Waals surface area contributed by atoms with E-state index in [9.17, 15) is 4.79 Å². The van der Waals surface area contributed by atoms with Crippen molar-refractivity contribution in [2.75, 3.05) is 6.61 Å². The maximum atomic E-state index is 10.8. The van der Waals surface area contributed by atoms with Gasteiger partial charge in [-0.3, -0.25) is 0 Å². The molecule has 0 bridgehead atoms. The van der Waals surface area contributed by atoms with E-state index in [2.05, 4.69) is 11.7 Å². The van der Waals surface area contributed by atoms with Crippen LogP contribution in [0.25, 0.3) is 0 Å². The van der Waals surface area contributed by atoms with E-state index in [-0.39, 0.29) is 0 Å². The van der Waals surface area contributed by atoms with Gasteiger partial charge in [0, 0.05) is 0 Å². The summed E-state index contributed by atoms with van der Waals surface area (Å²) < 4.78 is 9.40. The van der Waals surface area contributed by atoms with Crippen molar-refractivity contribution in [3.63, 3.8) is 0 Å². The van der Waals surface area contributed by atoms with Crippen LogP contribution in [0.15, 0.2) is 0 Å². The standard InChI is InChI=1S/C9H17ClO3/c1-4-5-7(2)6-12-9(11)13-8(3)10/h7-8H,4-6H2,1-3H3. The average molecular weight is 209 g/mol. The summed E-state index contributed by atoms with van der Waals surface area (Å²) in [7, 11) is 0. The fraction of sp³-hybridized carbons (Fsp3) is 0.889. The SMILES string of the molecule is CCCC(C)COC(=O)OC(C)Cl. The van der Waals surface area contributed by atoms with E-state index in [4.69, 9.17) is 16.3 Å². The maximum absolute atomic E-state index is 10.8. The molecule has 0 aromatic rings. The van der Waals surface area contributed by atoms with E-state index >= 15 is 0 Å². The summed E-state index contributed by atoms with van der Waals surface area (Å²) >= 11 is 5.43. The van der Waals surface area contributed by atoms with E-state index in [1.165, 1.54) is 0 Å². The molecule has 0 amide bonds. The first-order chi connectivity index (χ1) is 6.06. The molecule has 0 aliphatic rings. The normalized spacial score (nSPS) is 14.8. The molecule has 0 N–H and O–H groups in total. The Balaban J connectivity index is 3.46. The van der Waals surface area contributed by atoms with Crippen molar-refractivity contribution >= 4 is 17.8 Å². The summed E-state index contributed by atoms with van der Waals surface area (Å²) in [6.45, 7) is 6.09. The third kappa shape index (κ3) is 7.91. The molecule has 0 aliphatic heterocycles. The lowest BCUT2D eigenvalue weighted by atomic mass is 10.1. The Morgan fingerprint density at radius 2 is 2.08 bits per heavy atom. The third-order valence-corrected chi connectivity index (χ3v) is 1.61. The summed E-state index contributed by atoms with van der Waals surface area (Å²) in [6, 6.07) is 0. The molecule has 0 aromatic heterocycles. The lowest BCUT2D eigenvalue weighted by Crippen LogP contribution is -2.15. The lowest BCUT2D eigenvalue weighted by molar-refractivity contribution is 0.0400. The van der Waals surface area contributed by atoms with Crippen LogP contribution in [-0.4, -0.2) is 18.3 Å². The van der Waals surface area contributed by atoms with Gasteiger partial charge in [-0.05, 0) is 19.3 Å². The van der Waals surface area contributed by atoms with Gasteiger partial charge in [-0.1, -0.05) is 31.9 Å². The number of alkyl halides is 1.